The van der Waals surface area contributed by atoms with Gasteiger partial charge in [-0.1, -0.05) is 61.9 Å². The van der Waals surface area contributed by atoms with Gasteiger partial charge in [0, 0.05) is 5.56 Å². The van der Waals surface area contributed by atoms with Gasteiger partial charge in [-0.15, -0.1) is 0 Å². The smallest absolute Gasteiger partial charge is 0.207 e. The Labute approximate surface area is 173 Å². The van der Waals surface area contributed by atoms with Crippen LogP contribution in [0.4, 0.5) is 22.0 Å². The normalized spacial score (nSPS) is 12.8. The minimum Gasteiger partial charge on any atom is -0.207 e. The van der Waals surface area contributed by atoms with Crippen molar-refractivity contribution in [2.45, 2.75) is 45.2 Å². The Bertz CT molecular complexity index is 963. The lowest BCUT2D eigenvalue weighted by molar-refractivity contribution is -0.147. The maximum Gasteiger partial charge on any atom is 0.395 e. The first kappa shape index (κ1) is 22.0. The summed E-state index contributed by atoms with van der Waals surface area (Å²) in [5.41, 5.74) is 3.02. The van der Waals surface area contributed by atoms with Crippen LogP contribution in [0.1, 0.15) is 43.7 Å². The molecule has 0 aliphatic heterocycles. The lowest BCUT2D eigenvalue weighted by Gasteiger charge is -2.18. The number of halogens is 5. The van der Waals surface area contributed by atoms with E-state index in [0.717, 1.165) is 49.4 Å². The number of hydrogen-bond donors (Lipinski definition) is 0. The van der Waals surface area contributed by atoms with E-state index in [2.05, 4.69) is 19.1 Å². The van der Waals surface area contributed by atoms with E-state index in [1.54, 1.807) is 12.1 Å². The van der Waals surface area contributed by atoms with Gasteiger partial charge in [0.1, 0.15) is 11.6 Å². The van der Waals surface area contributed by atoms with Crippen LogP contribution in [0.5, 0.6) is 0 Å². The highest BCUT2D eigenvalue weighted by atomic mass is 19.4. The quantitative estimate of drug-likeness (QED) is 0.353. The summed E-state index contributed by atoms with van der Waals surface area (Å²) in [6, 6.07) is 17.2. The molecule has 1 unspecified atom stereocenters. The molecule has 0 aliphatic carbocycles. The van der Waals surface area contributed by atoms with Crippen molar-refractivity contribution in [2.75, 3.05) is 0 Å². The van der Waals surface area contributed by atoms with Crippen LogP contribution in [0.15, 0.2) is 60.7 Å². The highest BCUT2D eigenvalue weighted by Gasteiger charge is 2.40. The molecule has 0 aromatic heterocycles. The molecule has 0 nitrogen and oxygen atoms in total. The molecule has 0 N–H and O–H groups in total. The van der Waals surface area contributed by atoms with E-state index in [-0.39, 0.29) is 5.56 Å². The van der Waals surface area contributed by atoms with Crippen LogP contribution in [0.25, 0.3) is 22.3 Å². The van der Waals surface area contributed by atoms with E-state index in [4.69, 9.17) is 0 Å². The molecule has 0 heterocycles. The highest BCUT2D eigenvalue weighted by molar-refractivity contribution is 5.71. The number of rotatable bonds is 6. The number of benzene rings is 3. The molecule has 30 heavy (non-hydrogen) atoms. The molecule has 0 saturated carbocycles. The lowest BCUT2D eigenvalue weighted by atomic mass is 9.94. The topological polar surface area (TPSA) is 0 Å². The van der Waals surface area contributed by atoms with Gasteiger partial charge in [0.25, 0.3) is 0 Å². The first-order valence-corrected chi connectivity index (χ1v) is 9.96. The minimum atomic E-state index is -4.71. The zero-order chi connectivity index (χ0) is 21.9. The third-order valence-electron chi connectivity index (χ3n) is 5.33. The Morgan fingerprint density at radius 1 is 0.733 bits per heavy atom. The van der Waals surface area contributed by atoms with E-state index >= 15 is 0 Å². The molecule has 0 aliphatic rings. The Balaban J connectivity index is 1.84. The van der Waals surface area contributed by atoms with Crippen molar-refractivity contribution in [3.05, 3.63) is 83.4 Å². The predicted molar refractivity (Wildman–Crippen MR) is 110 cm³/mol. The Morgan fingerprint density at radius 3 is 1.60 bits per heavy atom. The first-order valence-electron chi connectivity index (χ1n) is 9.96. The summed E-state index contributed by atoms with van der Waals surface area (Å²) in [6.07, 6.45) is -1.39. The van der Waals surface area contributed by atoms with Crippen molar-refractivity contribution < 1.29 is 22.0 Å². The molecule has 0 radical (unpaired) electrons. The monoisotopic (exact) mass is 418 g/mol. The summed E-state index contributed by atoms with van der Waals surface area (Å²) in [6.45, 7) is 2.90. The van der Waals surface area contributed by atoms with E-state index in [1.807, 2.05) is 24.3 Å². The number of unbranched alkanes of at least 4 members (excludes halogenated alkanes) is 1. The van der Waals surface area contributed by atoms with Gasteiger partial charge in [-0.25, -0.2) is 8.78 Å². The zero-order valence-electron chi connectivity index (χ0n) is 16.9. The molecular formula is C25H23F5. The van der Waals surface area contributed by atoms with Crippen LogP contribution in [0, 0.1) is 11.6 Å². The largest absolute Gasteiger partial charge is 0.395 e. The third kappa shape index (κ3) is 4.89. The van der Waals surface area contributed by atoms with Gasteiger partial charge in [0.2, 0.25) is 0 Å². The van der Waals surface area contributed by atoms with Gasteiger partial charge in [0.15, 0.2) is 0 Å². The van der Waals surface area contributed by atoms with Gasteiger partial charge in [0.05, 0.1) is 5.92 Å². The summed E-state index contributed by atoms with van der Waals surface area (Å²) in [4.78, 5) is 0. The van der Waals surface area contributed by atoms with Crippen LogP contribution >= 0.6 is 0 Å². The Morgan fingerprint density at radius 2 is 1.17 bits per heavy atom. The molecule has 5 heteroatoms. The molecule has 0 amide bonds. The second-order valence-corrected chi connectivity index (χ2v) is 7.49. The van der Waals surface area contributed by atoms with Gasteiger partial charge in [-0.05, 0) is 59.7 Å². The molecule has 0 saturated heterocycles. The second-order valence-electron chi connectivity index (χ2n) is 7.49. The van der Waals surface area contributed by atoms with Crippen molar-refractivity contribution >= 4 is 0 Å². The first-order chi connectivity index (χ1) is 14.2. The van der Waals surface area contributed by atoms with Gasteiger partial charge >= 0.3 is 6.18 Å². The SMILES string of the molecule is CCCCc1ccc(-c2ccc(-c3cc(F)c(C(C)C(F)(F)F)c(F)c3)cc2)cc1. The molecule has 1 atom stereocenters. The van der Waals surface area contributed by atoms with Crippen LogP contribution < -0.4 is 0 Å². The lowest BCUT2D eigenvalue weighted by Crippen LogP contribution is -2.20. The van der Waals surface area contributed by atoms with Gasteiger partial charge in [-0.2, -0.15) is 13.2 Å². The summed E-state index contributed by atoms with van der Waals surface area (Å²) in [5, 5.41) is 0. The summed E-state index contributed by atoms with van der Waals surface area (Å²) >= 11 is 0. The number of hydrogen-bond acceptors (Lipinski definition) is 0. The molecular weight excluding hydrogens is 395 g/mol. The van der Waals surface area contributed by atoms with Crippen LogP contribution in [-0.2, 0) is 6.42 Å². The minimum absolute atomic E-state index is 0.199. The van der Waals surface area contributed by atoms with E-state index < -0.39 is 29.3 Å². The van der Waals surface area contributed by atoms with Crippen molar-refractivity contribution in [1.29, 1.82) is 0 Å². The van der Waals surface area contributed by atoms with E-state index in [1.165, 1.54) is 5.56 Å². The molecule has 3 aromatic carbocycles. The fourth-order valence-electron chi connectivity index (χ4n) is 3.43. The Kier molecular flexibility index (Phi) is 6.59. The second kappa shape index (κ2) is 8.99. The Hall–Kier alpha value is -2.69. The third-order valence-corrected chi connectivity index (χ3v) is 5.33. The van der Waals surface area contributed by atoms with Crippen LogP contribution in [0.3, 0.4) is 0 Å². The average molecular weight is 418 g/mol. The zero-order valence-corrected chi connectivity index (χ0v) is 16.9. The van der Waals surface area contributed by atoms with E-state index in [0.29, 0.717) is 5.56 Å². The summed E-state index contributed by atoms with van der Waals surface area (Å²) in [7, 11) is 0. The maximum absolute atomic E-state index is 14.3. The van der Waals surface area contributed by atoms with Crippen molar-refractivity contribution in [3.63, 3.8) is 0 Å². The standard InChI is InChI=1S/C25H23F5/c1-3-4-5-17-6-8-18(9-7-17)19-10-12-20(13-11-19)21-14-22(26)24(23(27)15-21)16(2)25(28,29)30/h6-16H,3-5H2,1-2H3. The van der Waals surface area contributed by atoms with E-state index in [9.17, 15) is 22.0 Å². The van der Waals surface area contributed by atoms with Gasteiger partial charge < -0.3 is 0 Å². The number of aryl methyl sites for hydroxylation is 1. The fourth-order valence-corrected chi connectivity index (χ4v) is 3.43. The molecule has 3 aromatic rings. The molecule has 0 fully saturated rings. The predicted octanol–water partition coefficient (Wildman–Crippen LogP) is 8.31. The molecule has 0 spiro atoms. The van der Waals surface area contributed by atoms with Gasteiger partial charge in [-0.3, -0.25) is 0 Å². The highest BCUT2D eigenvalue weighted by Crippen LogP contribution is 2.38. The van der Waals surface area contributed by atoms with Crippen molar-refractivity contribution in [3.8, 4) is 22.3 Å². The maximum atomic E-state index is 14.3. The average Bonchev–Trinajstić information content (AvgIpc) is 2.71. The number of alkyl halides is 3. The van der Waals surface area contributed by atoms with Crippen molar-refractivity contribution in [2.24, 2.45) is 0 Å². The molecule has 158 valence electrons. The summed E-state index contributed by atoms with van der Waals surface area (Å²) < 4.78 is 67.2. The molecule has 0 bridgehead atoms. The van der Waals surface area contributed by atoms with Crippen LogP contribution in [-0.4, -0.2) is 6.18 Å². The fraction of sp³-hybridized carbons (Fsp3) is 0.280. The van der Waals surface area contributed by atoms with Crippen molar-refractivity contribution in [1.82, 2.24) is 0 Å². The summed E-state index contributed by atoms with van der Waals surface area (Å²) in [5.74, 6) is -4.60. The van der Waals surface area contributed by atoms with Crippen LogP contribution in [0.2, 0.25) is 0 Å². The molecule has 3 rings (SSSR count).